The maximum Gasteiger partial charge on any atom is 0.133 e. The number of anilines is 1. The van der Waals surface area contributed by atoms with Gasteiger partial charge in [-0.3, -0.25) is 0 Å². The van der Waals surface area contributed by atoms with Crippen LogP contribution in [0.2, 0.25) is 0 Å². The summed E-state index contributed by atoms with van der Waals surface area (Å²) in [5, 5.41) is 3.13. The van der Waals surface area contributed by atoms with Gasteiger partial charge in [-0.05, 0) is 12.8 Å². The number of aromatic nitrogens is 2. The largest absolute Gasteiger partial charge is 0.373 e. The van der Waals surface area contributed by atoms with E-state index in [9.17, 15) is 0 Å². The summed E-state index contributed by atoms with van der Waals surface area (Å²) in [6, 6.07) is 0. The van der Waals surface area contributed by atoms with Crippen LogP contribution in [0.4, 0.5) is 5.82 Å². The highest BCUT2D eigenvalue weighted by Crippen LogP contribution is 2.24. The minimum atomic E-state index is 0.371. The third-order valence-corrected chi connectivity index (χ3v) is 2.50. The van der Waals surface area contributed by atoms with Gasteiger partial charge in [-0.25, -0.2) is 9.97 Å². The third kappa shape index (κ3) is 2.46. The zero-order valence-corrected chi connectivity index (χ0v) is 10.5. The predicted molar refractivity (Wildman–Crippen MR) is 64.5 cm³/mol. The fourth-order valence-electron chi connectivity index (χ4n) is 1.62. The van der Waals surface area contributed by atoms with Crippen molar-refractivity contribution in [3.05, 3.63) is 17.1 Å². The highest BCUT2D eigenvalue weighted by molar-refractivity contribution is 5.46. The van der Waals surface area contributed by atoms with Gasteiger partial charge in [0.15, 0.2) is 0 Å². The van der Waals surface area contributed by atoms with Crippen molar-refractivity contribution in [1.82, 2.24) is 9.97 Å². The molecule has 15 heavy (non-hydrogen) atoms. The summed E-state index contributed by atoms with van der Waals surface area (Å²) in [6.07, 6.45) is 0. The van der Waals surface area contributed by atoms with Crippen molar-refractivity contribution in [3.63, 3.8) is 0 Å². The molecule has 0 aliphatic heterocycles. The van der Waals surface area contributed by atoms with Crippen LogP contribution in [0.3, 0.4) is 0 Å². The molecule has 1 N–H and O–H groups in total. The first kappa shape index (κ1) is 12.0. The van der Waals surface area contributed by atoms with E-state index in [2.05, 4.69) is 49.9 Å². The van der Waals surface area contributed by atoms with Gasteiger partial charge >= 0.3 is 0 Å². The number of hydrogen-bond donors (Lipinski definition) is 1. The van der Waals surface area contributed by atoms with E-state index in [0.717, 1.165) is 22.9 Å². The number of nitrogens with one attached hydrogen (secondary N) is 1. The Balaban J connectivity index is 3.32. The van der Waals surface area contributed by atoms with E-state index < -0.39 is 0 Å². The van der Waals surface area contributed by atoms with Crippen LogP contribution >= 0.6 is 0 Å². The molecule has 0 unspecified atom stereocenters. The van der Waals surface area contributed by atoms with Crippen molar-refractivity contribution in [2.75, 3.05) is 12.4 Å². The van der Waals surface area contributed by atoms with E-state index in [1.54, 1.807) is 0 Å². The Morgan fingerprint density at radius 3 is 2.00 bits per heavy atom. The molecule has 0 spiro atoms. The second kappa shape index (κ2) is 4.60. The van der Waals surface area contributed by atoms with Crippen LogP contribution in [0.15, 0.2) is 0 Å². The summed E-state index contributed by atoms with van der Waals surface area (Å²) >= 11 is 0. The summed E-state index contributed by atoms with van der Waals surface area (Å²) in [5.74, 6) is 2.69. The number of nitrogens with zero attached hydrogens (tertiary/aromatic N) is 2. The Bertz CT molecular complexity index is 343. The average Bonchev–Trinajstić information content (AvgIpc) is 2.17. The van der Waals surface area contributed by atoms with Gasteiger partial charge in [0.05, 0.1) is 5.69 Å². The van der Waals surface area contributed by atoms with Crippen molar-refractivity contribution in [2.24, 2.45) is 0 Å². The minimum absolute atomic E-state index is 0.371. The van der Waals surface area contributed by atoms with Gasteiger partial charge in [0.2, 0.25) is 0 Å². The lowest BCUT2D eigenvalue weighted by molar-refractivity contribution is 0.724. The van der Waals surface area contributed by atoms with Crippen molar-refractivity contribution in [2.45, 2.75) is 46.5 Å². The first-order chi connectivity index (χ1) is 6.97. The number of hydrogen-bond acceptors (Lipinski definition) is 3. The summed E-state index contributed by atoms with van der Waals surface area (Å²) in [5.41, 5.74) is 2.31. The first-order valence-electron chi connectivity index (χ1n) is 5.53. The molecule has 0 fully saturated rings. The van der Waals surface area contributed by atoms with Gasteiger partial charge in [0.25, 0.3) is 0 Å². The fourth-order valence-corrected chi connectivity index (χ4v) is 1.62. The second-order valence-corrected chi connectivity index (χ2v) is 4.50. The van der Waals surface area contributed by atoms with Crippen LogP contribution in [0, 0.1) is 6.92 Å². The Morgan fingerprint density at radius 2 is 1.60 bits per heavy atom. The molecule has 0 bridgehead atoms. The quantitative estimate of drug-likeness (QED) is 0.827. The van der Waals surface area contributed by atoms with E-state index >= 15 is 0 Å². The summed E-state index contributed by atoms with van der Waals surface area (Å²) in [7, 11) is 1.91. The molecule has 84 valence electrons. The standard InChI is InChI=1S/C12H21N3/c1-7(2)10-9(5)12(13-6)15-11(14-10)8(3)4/h7-8H,1-6H3,(H,13,14,15). The molecule has 1 rings (SSSR count). The fraction of sp³-hybridized carbons (Fsp3) is 0.667. The van der Waals surface area contributed by atoms with Crippen molar-refractivity contribution in [3.8, 4) is 0 Å². The molecular weight excluding hydrogens is 186 g/mol. The predicted octanol–water partition coefficient (Wildman–Crippen LogP) is 3.07. The van der Waals surface area contributed by atoms with E-state index in [1.165, 1.54) is 0 Å². The molecule has 0 saturated carbocycles. The van der Waals surface area contributed by atoms with Crippen molar-refractivity contribution >= 4 is 5.82 Å². The third-order valence-electron chi connectivity index (χ3n) is 2.50. The molecule has 0 amide bonds. The topological polar surface area (TPSA) is 37.8 Å². The highest BCUT2D eigenvalue weighted by atomic mass is 15.0. The molecule has 0 aromatic carbocycles. The summed E-state index contributed by atoms with van der Waals surface area (Å²) in [6.45, 7) is 10.6. The molecule has 0 saturated heterocycles. The average molecular weight is 207 g/mol. The Kier molecular flexibility index (Phi) is 3.66. The van der Waals surface area contributed by atoms with Crippen LogP contribution in [-0.2, 0) is 0 Å². The SMILES string of the molecule is CNc1nc(C(C)C)nc(C(C)C)c1C. The molecule has 3 heteroatoms. The van der Waals surface area contributed by atoms with E-state index in [1.807, 2.05) is 7.05 Å². The van der Waals surface area contributed by atoms with Gasteiger partial charge in [-0.1, -0.05) is 27.7 Å². The molecule has 0 radical (unpaired) electrons. The van der Waals surface area contributed by atoms with Crippen molar-refractivity contribution in [1.29, 1.82) is 0 Å². The van der Waals surface area contributed by atoms with Crippen molar-refractivity contribution < 1.29 is 0 Å². The maximum atomic E-state index is 4.63. The van der Waals surface area contributed by atoms with Gasteiger partial charge in [-0.2, -0.15) is 0 Å². The van der Waals surface area contributed by atoms with E-state index in [4.69, 9.17) is 0 Å². The van der Waals surface area contributed by atoms with E-state index in [-0.39, 0.29) is 0 Å². The lowest BCUT2D eigenvalue weighted by atomic mass is 10.0. The van der Waals surface area contributed by atoms with Crippen LogP contribution in [0.5, 0.6) is 0 Å². The van der Waals surface area contributed by atoms with Crippen LogP contribution in [-0.4, -0.2) is 17.0 Å². The Hall–Kier alpha value is -1.12. The molecule has 1 aromatic rings. The lowest BCUT2D eigenvalue weighted by Gasteiger charge is -2.15. The molecule has 0 atom stereocenters. The van der Waals surface area contributed by atoms with Gasteiger partial charge < -0.3 is 5.32 Å². The molecule has 1 aromatic heterocycles. The minimum Gasteiger partial charge on any atom is -0.373 e. The monoisotopic (exact) mass is 207 g/mol. The highest BCUT2D eigenvalue weighted by Gasteiger charge is 2.14. The van der Waals surface area contributed by atoms with Gasteiger partial charge in [0.1, 0.15) is 11.6 Å². The van der Waals surface area contributed by atoms with Crippen LogP contribution in [0.25, 0.3) is 0 Å². The normalized spacial score (nSPS) is 11.2. The van der Waals surface area contributed by atoms with Crippen LogP contribution < -0.4 is 5.32 Å². The molecule has 3 nitrogen and oxygen atoms in total. The molecule has 1 heterocycles. The maximum absolute atomic E-state index is 4.63. The van der Waals surface area contributed by atoms with Gasteiger partial charge in [-0.15, -0.1) is 0 Å². The molecule has 0 aliphatic rings. The van der Waals surface area contributed by atoms with Crippen LogP contribution in [0.1, 0.15) is 56.6 Å². The molecule has 0 aliphatic carbocycles. The zero-order chi connectivity index (χ0) is 11.6. The van der Waals surface area contributed by atoms with Gasteiger partial charge in [0, 0.05) is 18.5 Å². The summed E-state index contributed by atoms with van der Waals surface area (Å²) in [4.78, 5) is 9.14. The smallest absolute Gasteiger partial charge is 0.133 e. The Morgan fingerprint density at radius 1 is 1.00 bits per heavy atom. The van der Waals surface area contributed by atoms with E-state index in [0.29, 0.717) is 11.8 Å². The first-order valence-corrected chi connectivity index (χ1v) is 5.53. The number of rotatable bonds is 3. The lowest BCUT2D eigenvalue weighted by Crippen LogP contribution is -2.09. The zero-order valence-electron chi connectivity index (χ0n) is 10.5. The second-order valence-electron chi connectivity index (χ2n) is 4.50. The Labute approximate surface area is 92.3 Å². The molecular formula is C12H21N3. The summed E-state index contributed by atoms with van der Waals surface area (Å²) < 4.78 is 0.